The smallest absolute Gasteiger partial charge is 0.269 e. The molecule has 0 saturated carbocycles. The second kappa shape index (κ2) is 4.08. The van der Waals surface area contributed by atoms with E-state index in [4.69, 9.17) is 0 Å². The minimum absolute atomic E-state index is 0.0896. The van der Waals surface area contributed by atoms with E-state index in [0.29, 0.717) is 6.42 Å². The van der Waals surface area contributed by atoms with Gasteiger partial charge in [0.05, 0.1) is 6.42 Å². The van der Waals surface area contributed by atoms with E-state index in [-0.39, 0.29) is 5.91 Å². The number of carbonyl (C=O) groups is 1. The van der Waals surface area contributed by atoms with E-state index in [1.807, 2.05) is 35.2 Å². The Hall–Kier alpha value is -0.910. The van der Waals surface area contributed by atoms with Gasteiger partial charge in [0.15, 0.2) is 6.54 Å². The van der Waals surface area contributed by atoms with Crippen LogP contribution in [0.3, 0.4) is 0 Å². The van der Waals surface area contributed by atoms with Crippen LogP contribution in [0.1, 0.15) is 12.0 Å². The van der Waals surface area contributed by atoms with Gasteiger partial charge in [0.1, 0.15) is 0 Å². The molecule has 3 nitrogen and oxygen atoms in total. The molecule has 0 unspecified atom stereocenters. The Balaban J connectivity index is 2.17. The van der Waals surface area contributed by atoms with Crippen molar-refractivity contribution in [1.29, 1.82) is 0 Å². The number of benzene rings is 1. The molecular formula is C10H10IN2O+. The third-order valence-electron chi connectivity index (χ3n) is 2.02. The molecule has 2 rings (SSSR count). The molecule has 0 aliphatic carbocycles. The summed E-state index contributed by atoms with van der Waals surface area (Å²) in [6.07, 6.45) is 2.53. The number of nitrogens with zero attached hydrogens (tertiary/aromatic N) is 1. The average Bonchev–Trinajstić information content (AvgIpc) is 2.56. The normalized spacial score (nSPS) is 18.6. The van der Waals surface area contributed by atoms with Crippen molar-refractivity contribution in [3.8, 4) is 0 Å². The fourth-order valence-electron chi connectivity index (χ4n) is 1.32. The summed E-state index contributed by atoms with van der Waals surface area (Å²) < 4.78 is 3.04. The van der Waals surface area contributed by atoms with E-state index in [9.17, 15) is 4.79 Å². The number of hydrazine groups is 1. The van der Waals surface area contributed by atoms with Crippen LogP contribution in [0, 0.1) is 3.57 Å². The van der Waals surface area contributed by atoms with Crippen molar-refractivity contribution in [1.82, 2.24) is 5.43 Å². The molecule has 0 spiro atoms. The standard InChI is InChI=1S/C10H9IN2O/c11-9-3-1-8(2-4-9)7-13-6-5-10(14)12-13/h1-4,7H,5-6H2/p+1/b13-7-. The molecule has 0 radical (unpaired) electrons. The zero-order valence-corrected chi connectivity index (χ0v) is 9.69. The molecule has 4 heteroatoms. The Morgan fingerprint density at radius 2 is 2.07 bits per heavy atom. The maximum absolute atomic E-state index is 10.9. The molecule has 1 aromatic rings. The van der Waals surface area contributed by atoms with Gasteiger partial charge in [-0.25, -0.2) is 0 Å². The Bertz CT molecular complexity index is 384. The topological polar surface area (TPSA) is 32.1 Å². The molecule has 0 atom stereocenters. The quantitative estimate of drug-likeness (QED) is 0.613. The van der Waals surface area contributed by atoms with Crippen molar-refractivity contribution in [2.75, 3.05) is 6.54 Å². The molecule has 1 aliphatic heterocycles. The number of rotatable bonds is 1. The van der Waals surface area contributed by atoms with Crippen LogP contribution >= 0.6 is 22.6 Å². The third kappa shape index (κ3) is 2.31. The lowest BCUT2D eigenvalue weighted by Crippen LogP contribution is -2.25. The summed E-state index contributed by atoms with van der Waals surface area (Å²) in [6.45, 7) is 0.755. The highest BCUT2D eigenvalue weighted by atomic mass is 127. The van der Waals surface area contributed by atoms with Crippen molar-refractivity contribution >= 4 is 34.7 Å². The molecular weight excluding hydrogens is 291 g/mol. The summed E-state index contributed by atoms with van der Waals surface area (Å²) in [4.78, 5) is 10.9. The Kier molecular flexibility index (Phi) is 2.81. The molecule has 1 amide bonds. The number of hydrazone groups is 1. The van der Waals surface area contributed by atoms with Gasteiger partial charge in [0.25, 0.3) is 5.91 Å². The lowest BCUT2D eigenvalue weighted by molar-refractivity contribution is -0.553. The van der Waals surface area contributed by atoms with Crippen LogP contribution in [0.15, 0.2) is 24.3 Å². The summed E-state index contributed by atoms with van der Waals surface area (Å²) in [6, 6.07) is 8.16. The number of hydrogen-bond donors (Lipinski definition) is 1. The van der Waals surface area contributed by atoms with E-state index in [1.54, 1.807) is 0 Å². The maximum atomic E-state index is 10.9. The molecule has 14 heavy (non-hydrogen) atoms. The van der Waals surface area contributed by atoms with Gasteiger partial charge >= 0.3 is 0 Å². The molecule has 1 aromatic carbocycles. The number of hydrogen-bond acceptors (Lipinski definition) is 1. The maximum Gasteiger partial charge on any atom is 0.280 e. The predicted octanol–water partition coefficient (Wildman–Crippen LogP) is 1.16. The summed E-state index contributed by atoms with van der Waals surface area (Å²) in [5.74, 6) is 0.0896. The third-order valence-corrected chi connectivity index (χ3v) is 2.74. The van der Waals surface area contributed by atoms with E-state index in [1.165, 1.54) is 3.57 Å². The summed E-state index contributed by atoms with van der Waals surface area (Å²) >= 11 is 2.27. The number of amides is 1. The number of halogens is 1. The Labute approximate surface area is 95.9 Å². The fourth-order valence-corrected chi connectivity index (χ4v) is 1.68. The first-order valence-corrected chi connectivity index (χ1v) is 5.48. The number of nitrogens with one attached hydrogen (secondary N) is 1. The molecule has 1 saturated heterocycles. The highest BCUT2D eigenvalue weighted by Gasteiger charge is 2.20. The Morgan fingerprint density at radius 3 is 2.64 bits per heavy atom. The minimum Gasteiger partial charge on any atom is -0.269 e. The summed E-state index contributed by atoms with van der Waals surface area (Å²) in [5.41, 5.74) is 3.86. The summed E-state index contributed by atoms with van der Waals surface area (Å²) in [5, 5.41) is 0. The van der Waals surface area contributed by atoms with Gasteiger partial charge in [-0.1, -0.05) is 0 Å². The second-order valence-corrected chi connectivity index (χ2v) is 4.40. The van der Waals surface area contributed by atoms with Crippen molar-refractivity contribution in [2.24, 2.45) is 0 Å². The van der Waals surface area contributed by atoms with Crippen molar-refractivity contribution in [2.45, 2.75) is 6.42 Å². The van der Waals surface area contributed by atoms with Crippen LogP contribution in [0.4, 0.5) is 0 Å². The van der Waals surface area contributed by atoms with E-state index in [0.717, 1.165) is 12.1 Å². The van der Waals surface area contributed by atoms with Gasteiger partial charge < -0.3 is 0 Å². The van der Waals surface area contributed by atoms with Crippen LogP contribution in [-0.4, -0.2) is 23.4 Å². The first kappa shape index (κ1) is 9.64. The van der Waals surface area contributed by atoms with Crippen molar-refractivity contribution in [3.05, 3.63) is 33.4 Å². The zero-order valence-electron chi connectivity index (χ0n) is 7.53. The average molecular weight is 301 g/mol. The molecule has 72 valence electrons. The lowest BCUT2D eigenvalue weighted by Gasteiger charge is -1.93. The van der Waals surface area contributed by atoms with Gasteiger partial charge in [0, 0.05) is 9.13 Å². The van der Waals surface area contributed by atoms with Crippen LogP contribution in [-0.2, 0) is 4.79 Å². The predicted molar refractivity (Wildman–Crippen MR) is 62.2 cm³/mol. The SMILES string of the molecule is O=C1CC/[N+](=C/c2ccc(I)cc2)N1. The van der Waals surface area contributed by atoms with Crippen LogP contribution in [0.5, 0.6) is 0 Å². The molecule has 0 bridgehead atoms. The minimum atomic E-state index is 0.0896. The zero-order chi connectivity index (χ0) is 9.97. The van der Waals surface area contributed by atoms with E-state index in [2.05, 4.69) is 28.0 Å². The van der Waals surface area contributed by atoms with Gasteiger partial charge in [0.2, 0.25) is 6.21 Å². The van der Waals surface area contributed by atoms with Crippen LogP contribution in [0.2, 0.25) is 0 Å². The Morgan fingerprint density at radius 1 is 1.36 bits per heavy atom. The molecule has 1 N–H and O–H groups in total. The van der Waals surface area contributed by atoms with E-state index < -0.39 is 0 Å². The van der Waals surface area contributed by atoms with Crippen molar-refractivity contribution in [3.63, 3.8) is 0 Å². The highest BCUT2D eigenvalue weighted by Crippen LogP contribution is 2.05. The van der Waals surface area contributed by atoms with Crippen molar-refractivity contribution < 1.29 is 9.48 Å². The highest BCUT2D eigenvalue weighted by molar-refractivity contribution is 14.1. The molecule has 1 heterocycles. The van der Waals surface area contributed by atoms with Gasteiger partial charge in [-0.05, 0) is 46.9 Å². The number of carbonyl (C=O) groups excluding carboxylic acids is 1. The second-order valence-electron chi connectivity index (χ2n) is 3.16. The largest absolute Gasteiger partial charge is 0.280 e. The van der Waals surface area contributed by atoms with Gasteiger partial charge in [-0.2, -0.15) is 0 Å². The lowest BCUT2D eigenvalue weighted by atomic mass is 10.2. The molecule has 1 fully saturated rings. The molecule has 1 aliphatic rings. The first-order valence-electron chi connectivity index (χ1n) is 4.40. The van der Waals surface area contributed by atoms with Crippen LogP contribution < -0.4 is 5.43 Å². The monoisotopic (exact) mass is 301 g/mol. The summed E-state index contributed by atoms with van der Waals surface area (Å²) in [7, 11) is 0. The van der Waals surface area contributed by atoms with E-state index >= 15 is 0 Å². The van der Waals surface area contributed by atoms with Gasteiger partial charge in [-0.15, -0.1) is 10.1 Å². The molecule has 0 aromatic heterocycles. The van der Waals surface area contributed by atoms with Crippen LogP contribution in [0.25, 0.3) is 0 Å². The van der Waals surface area contributed by atoms with Gasteiger partial charge in [-0.3, -0.25) is 4.79 Å². The fraction of sp³-hybridized carbons (Fsp3) is 0.200. The first-order chi connectivity index (χ1) is 6.74.